The Morgan fingerprint density at radius 2 is 2.18 bits per heavy atom. The van der Waals surface area contributed by atoms with Crippen LogP contribution in [-0.2, 0) is 0 Å². The Morgan fingerprint density at radius 1 is 1.55 bits per heavy atom. The molecule has 11 heavy (non-hydrogen) atoms. The SMILES string of the molecule is [N-]=[N+]=NC[C@@H](N)C1CCCC1. The molecule has 0 aromatic heterocycles. The Morgan fingerprint density at radius 3 is 2.73 bits per heavy atom. The number of azide groups is 1. The highest BCUT2D eigenvalue weighted by atomic mass is 15.1. The van der Waals surface area contributed by atoms with Crippen molar-refractivity contribution in [3.8, 4) is 0 Å². The molecule has 1 rings (SSSR count). The van der Waals surface area contributed by atoms with Gasteiger partial charge in [-0.2, -0.15) is 0 Å². The van der Waals surface area contributed by atoms with Crippen LogP contribution in [0.5, 0.6) is 0 Å². The first-order valence-electron chi connectivity index (χ1n) is 4.11. The van der Waals surface area contributed by atoms with E-state index in [1.54, 1.807) is 0 Å². The average Bonchev–Trinajstić information content (AvgIpc) is 2.52. The zero-order valence-corrected chi connectivity index (χ0v) is 6.61. The maximum atomic E-state index is 8.06. The molecule has 0 saturated heterocycles. The van der Waals surface area contributed by atoms with Crippen LogP contribution in [-0.4, -0.2) is 12.6 Å². The number of rotatable bonds is 3. The second kappa shape index (κ2) is 4.21. The van der Waals surface area contributed by atoms with Crippen LogP contribution in [0.15, 0.2) is 5.11 Å². The molecule has 1 aliphatic carbocycles. The molecule has 1 atom stereocenters. The molecule has 2 N–H and O–H groups in total. The molecule has 0 aromatic carbocycles. The van der Waals surface area contributed by atoms with E-state index in [0.29, 0.717) is 12.5 Å². The molecule has 0 aromatic rings. The van der Waals surface area contributed by atoms with Crippen molar-refractivity contribution in [1.29, 1.82) is 0 Å². The van der Waals surface area contributed by atoms with Crippen molar-refractivity contribution in [2.24, 2.45) is 16.8 Å². The van der Waals surface area contributed by atoms with Crippen LogP contribution in [0.3, 0.4) is 0 Å². The molecule has 0 unspecified atom stereocenters. The zero-order chi connectivity index (χ0) is 8.10. The fraction of sp³-hybridized carbons (Fsp3) is 1.00. The monoisotopic (exact) mass is 154 g/mol. The van der Waals surface area contributed by atoms with Gasteiger partial charge in [-0.15, -0.1) is 0 Å². The van der Waals surface area contributed by atoms with E-state index in [1.807, 2.05) is 0 Å². The minimum Gasteiger partial charge on any atom is -0.327 e. The Kier molecular flexibility index (Phi) is 3.20. The summed E-state index contributed by atoms with van der Waals surface area (Å²) in [6, 6.07) is 0.0911. The summed E-state index contributed by atoms with van der Waals surface area (Å²) in [7, 11) is 0. The van der Waals surface area contributed by atoms with Crippen LogP contribution in [0.1, 0.15) is 25.7 Å². The molecule has 4 nitrogen and oxygen atoms in total. The van der Waals surface area contributed by atoms with Gasteiger partial charge in [0.1, 0.15) is 0 Å². The summed E-state index contributed by atoms with van der Waals surface area (Å²) in [5, 5.41) is 3.47. The average molecular weight is 154 g/mol. The van der Waals surface area contributed by atoms with Crippen molar-refractivity contribution < 1.29 is 0 Å². The topological polar surface area (TPSA) is 74.8 Å². The van der Waals surface area contributed by atoms with E-state index in [1.165, 1.54) is 25.7 Å². The fourth-order valence-corrected chi connectivity index (χ4v) is 1.67. The lowest BCUT2D eigenvalue weighted by Crippen LogP contribution is -2.31. The van der Waals surface area contributed by atoms with Gasteiger partial charge in [-0.3, -0.25) is 0 Å². The van der Waals surface area contributed by atoms with Crippen molar-refractivity contribution in [2.75, 3.05) is 6.54 Å². The van der Waals surface area contributed by atoms with Crippen molar-refractivity contribution in [1.82, 2.24) is 0 Å². The third-order valence-corrected chi connectivity index (χ3v) is 2.36. The van der Waals surface area contributed by atoms with Gasteiger partial charge in [-0.05, 0) is 24.3 Å². The Hall–Kier alpha value is -0.730. The van der Waals surface area contributed by atoms with Crippen LogP contribution >= 0.6 is 0 Å². The summed E-state index contributed by atoms with van der Waals surface area (Å²) in [5.41, 5.74) is 13.9. The highest BCUT2D eigenvalue weighted by molar-refractivity contribution is 4.79. The lowest BCUT2D eigenvalue weighted by molar-refractivity contribution is 0.438. The second-order valence-electron chi connectivity index (χ2n) is 3.12. The normalized spacial score (nSPS) is 21.2. The van der Waals surface area contributed by atoms with Crippen LogP contribution in [0, 0.1) is 5.92 Å². The molecule has 0 amide bonds. The smallest absolute Gasteiger partial charge is 0.0412 e. The van der Waals surface area contributed by atoms with Crippen LogP contribution in [0.4, 0.5) is 0 Å². The van der Waals surface area contributed by atoms with E-state index in [-0.39, 0.29) is 6.04 Å². The molecule has 0 spiro atoms. The van der Waals surface area contributed by atoms with Crippen LogP contribution in [0.25, 0.3) is 10.4 Å². The summed E-state index contributed by atoms with van der Waals surface area (Å²) in [4.78, 5) is 2.69. The van der Waals surface area contributed by atoms with Crippen molar-refractivity contribution >= 4 is 0 Å². The second-order valence-corrected chi connectivity index (χ2v) is 3.12. The van der Waals surface area contributed by atoms with E-state index in [2.05, 4.69) is 10.0 Å². The third-order valence-electron chi connectivity index (χ3n) is 2.36. The first-order chi connectivity index (χ1) is 5.34. The molecule has 0 radical (unpaired) electrons. The van der Waals surface area contributed by atoms with Gasteiger partial charge in [0.2, 0.25) is 0 Å². The number of nitrogens with two attached hydrogens (primary N) is 1. The van der Waals surface area contributed by atoms with Crippen LogP contribution in [0.2, 0.25) is 0 Å². The number of hydrogen-bond donors (Lipinski definition) is 1. The summed E-state index contributed by atoms with van der Waals surface area (Å²) in [5.74, 6) is 0.598. The van der Waals surface area contributed by atoms with E-state index >= 15 is 0 Å². The largest absolute Gasteiger partial charge is 0.327 e. The van der Waals surface area contributed by atoms with Gasteiger partial charge >= 0.3 is 0 Å². The Bertz CT molecular complexity index is 156. The first kappa shape index (κ1) is 8.37. The predicted octanol–water partition coefficient (Wildman–Crippen LogP) is 1.81. The van der Waals surface area contributed by atoms with Crippen molar-refractivity contribution in [2.45, 2.75) is 31.7 Å². The summed E-state index contributed by atoms with van der Waals surface area (Å²) >= 11 is 0. The summed E-state index contributed by atoms with van der Waals surface area (Å²) in [6.45, 7) is 0.459. The molecule has 1 aliphatic rings. The van der Waals surface area contributed by atoms with E-state index in [4.69, 9.17) is 11.3 Å². The van der Waals surface area contributed by atoms with Gasteiger partial charge in [0, 0.05) is 17.5 Å². The molecule has 1 saturated carbocycles. The lowest BCUT2D eigenvalue weighted by Gasteiger charge is -2.15. The third kappa shape index (κ3) is 2.41. The lowest BCUT2D eigenvalue weighted by atomic mass is 9.99. The van der Waals surface area contributed by atoms with Crippen molar-refractivity contribution in [3.63, 3.8) is 0 Å². The first-order valence-corrected chi connectivity index (χ1v) is 4.11. The molecule has 0 heterocycles. The zero-order valence-electron chi connectivity index (χ0n) is 6.61. The van der Waals surface area contributed by atoms with Gasteiger partial charge in [-0.1, -0.05) is 18.0 Å². The molecule has 1 fully saturated rings. The molecule has 62 valence electrons. The van der Waals surface area contributed by atoms with E-state index in [9.17, 15) is 0 Å². The maximum Gasteiger partial charge on any atom is 0.0412 e. The molecular weight excluding hydrogens is 140 g/mol. The highest BCUT2D eigenvalue weighted by Gasteiger charge is 2.20. The predicted molar refractivity (Wildman–Crippen MR) is 43.9 cm³/mol. The van der Waals surface area contributed by atoms with Gasteiger partial charge < -0.3 is 5.73 Å². The Balaban J connectivity index is 2.27. The number of nitrogens with zero attached hydrogens (tertiary/aromatic N) is 3. The van der Waals surface area contributed by atoms with Gasteiger partial charge in [0.05, 0.1) is 0 Å². The molecule has 0 bridgehead atoms. The van der Waals surface area contributed by atoms with Crippen LogP contribution < -0.4 is 5.73 Å². The highest BCUT2D eigenvalue weighted by Crippen LogP contribution is 2.26. The minimum absolute atomic E-state index is 0.0911. The molecular formula is C7H14N4. The standard InChI is InChI=1S/C7H14N4/c8-7(5-10-11-9)6-3-1-2-4-6/h6-7H,1-5,8H2/t7-/m1/s1. The maximum absolute atomic E-state index is 8.06. The minimum atomic E-state index is 0.0911. The molecule has 4 heteroatoms. The summed E-state index contributed by atoms with van der Waals surface area (Å²) in [6.07, 6.45) is 4.99. The van der Waals surface area contributed by atoms with E-state index < -0.39 is 0 Å². The number of hydrogen-bond acceptors (Lipinski definition) is 2. The molecule has 0 aliphatic heterocycles. The quantitative estimate of drug-likeness (QED) is 0.375. The van der Waals surface area contributed by atoms with Gasteiger partial charge in [0.25, 0.3) is 0 Å². The fourth-order valence-electron chi connectivity index (χ4n) is 1.67. The van der Waals surface area contributed by atoms with Gasteiger partial charge in [0.15, 0.2) is 0 Å². The van der Waals surface area contributed by atoms with Crippen molar-refractivity contribution in [3.05, 3.63) is 10.4 Å². The van der Waals surface area contributed by atoms with E-state index in [0.717, 1.165) is 0 Å². The Labute approximate surface area is 66.4 Å². The summed E-state index contributed by atoms with van der Waals surface area (Å²) < 4.78 is 0. The van der Waals surface area contributed by atoms with Gasteiger partial charge in [-0.25, -0.2) is 0 Å².